The SMILES string of the molecule is O=C(O)C(S)CCCCCCS.[Zn]. The summed E-state index contributed by atoms with van der Waals surface area (Å²) in [6.45, 7) is 0. The van der Waals surface area contributed by atoms with E-state index in [9.17, 15) is 4.79 Å². The van der Waals surface area contributed by atoms with Gasteiger partial charge >= 0.3 is 5.97 Å². The Bertz CT molecular complexity index is 133. The molecule has 0 rings (SSSR count). The van der Waals surface area contributed by atoms with Crippen LogP contribution in [-0.2, 0) is 24.3 Å². The summed E-state index contributed by atoms with van der Waals surface area (Å²) in [7, 11) is 0. The van der Waals surface area contributed by atoms with Crippen molar-refractivity contribution in [3.63, 3.8) is 0 Å². The van der Waals surface area contributed by atoms with Gasteiger partial charge in [-0.2, -0.15) is 25.3 Å². The molecule has 0 radical (unpaired) electrons. The first-order valence-corrected chi connectivity index (χ1v) is 5.35. The van der Waals surface area contributed by atoms with Gasteiger partial charge in [0.15, 0.2) is 0 Å². The van der Waals surface area contributed by atoms with Gasteiger partial charge in [-0.1, -0.05) is 19.3 Å². The summed E-state index contributed by atoms with van der Waals surface area (Å²) < 4.78 is 0. The Labute approximate surface area is 103 Å². The summed E-state index contributed by atoms with van der Waals surface area (Å²) in [6.07, 6.45) is 4.97. The van der Waals surface area contributed by atoms with Crippen molar-refractivity contribution < 1.29 is 29.4 Å². The van der Waals surface area contributed by atoms with Gasteiger partial charge in [0, 0.05) is 19.5 Å². The predicted molar refractivity (Wildman–Crippen MR) is 57.3 cm³/mol. The second kappa shape index (κ2) is 10.9. The molecule has 0 aliphatic carbocycles. The predicted octanol–water partition coefficient (Wildman–Crippen LogP) is 2.25. The minimum absolute atomic E-state index is 0. The third-order valence-electron chi connectivity index (χ3n) is 1.67. The zero-order valence-electron chi connectivity index (χ0n) is 7.78. The molecule has 5 heteroatoms. The average molecular weight is 274 g/mol. The molecular formula is C8H16O2S2Zn. The van der Waals surface area contributed by atoms with Crippen LogP contribution in [0.15, 0.2) is 0 Å². The number of hydrogen-bond donors (Lipinski definition) is 3. The summed E-state index contributed by atoms with van der Waals surface area (Å²) in [5, 5.41) is 8.01. The number of aliphatic carboxylic acids is 1. The van der Waals surface area contributed by atoms with Gasteiger partial charge in [0.1, 0.15) is 0 Å². The van der Waals surface area contributed by atoms with E-state index < -0.39 is 11.2 Å². The molecule has 0 aromatic rings. The smallest absolute Gasteiger partial charge is 0.316 e. The molecule has 0 fully saturated rings. The fraction of sp³-hybridized carbons (Fsp3) is 0.875. The molecule has 0 aliphatic heterocycles. The zero-order valence-corrected chi connectivity index (χ0v) is 12.5. The van der Waals surface area contributed by atoms with E-state index in [1.807, 2.05) is 0 Å². The molecule has 0 amide bonds. The van der Waals surface area contributed by atoms with E-state index in [4.69, 9.17) is 5.11 Å². The first kappa shape index (κ1) is 16.2. The van der Waals surface area contributed by atoms with Crippen LogP contribution < -0.4 is 0 Å². The molecule has 1 unspecified atom stereocenters. The molecule has 1 atom stereocenters. The van der Waals surface area contributed by atoms with Crippen molar-refractivity contribution in [2.45, 2.75) is 37.4 Å². The van der Waals surface area contributed by atoms with Gasteiger partial charge in [0.2, 0.25) is 0 Å². The van der Waals surface area contributed by atoms with E-state index >= 15 is 0 Å². The maximum atomic E-state index is 10.3. The number of carbonyl (C=O) groups is 1. The third-order valence-corrected chi connectivity index (χ3v) is 2.47. The van der Waals surface area contributed by atoms with Crippen LogP contribution in [0.3, 0.4) is 0 Å². The number of thiol groups is 2. The van der Waals surface area contributed by atoms with Crippen LogP contribution >= 0.6 is 25.3 Å². The van der Waals surface area contributed by atoms with Crippen LogP contribution in [0.25, 0.3) is 0 Å². The Morgan fingerprint density at radius 1 is 1.23 bits per heavy atom. The molecule has 0 aromatic heterocycles. The summed E-state index contributed by atoms with van der Waals surface area (Å²) >= 11 is 8.02. The van der Waals surface area contributed by atoms with Crippen molar-refractivity contribution >= 4 is 31.2 Å². The molecule has 0 aliphatic rings. The summed E-state index contributed by atoms with van der Waals surface area (Å²) in [6, 6.07) is 0. The van der Waals surface area contributed by atoms with Crippen LogP contribution in [-0.4, -0.2) is 22.1 Å². The normalized spacial score (nSPS) is 11.8. The molecule has 13 heavy (non-hydrogen) atoms. The maximum absolute atomic E-state index is 10.3. The molecule has 0 heterocycles. The molecule has 0 saturated carbocycles. The molecule has 74 valence electrons. The van der Waals surface area contributed by atoms with Gasteiger partial charge in [-0.3, -0.25) is 4.79 Å². The van der Waals surface area contributed by atoms with E-state index in [-0.39, 0.29) is 19.5 Å². The van der Waals surface area contributed by atoms with Crippen molar-refractivity contribution in [2.24, 2.45) is 0 Å². The molecule has 0 saturated heterocycles. The molecule has 0 spiro atoms. The van der Waals surface area contributed by atoms with Gasteiger partial charge < -0.3 is 5.11 Å². The molecule has 1 N–H and O–H groups in total. The van der Waals surface area contributed by atoms with E-state index in [1.165, 1.54) is 0 Å². The van der Waals surface area contributed by atoms with Gasteiger partial charge in [0.25, 0.3) is 0 Å². The zero-order chi connectivity index (χ0) is 9.40. The molecule has 2 nitrogen and oxygen atoms in total. The third kappa shape index (κ3) is 10.7. The van der Waals surface area contributed by atoms with Crippen molar-refractivity contribution in [2.75, 3.05) is 5.75 Å². The van der Waals surface area contributed by atoms with Crippen molar-refractivity contribution in [3.8, 4) is 0 Å². The van der Waals surface area contributed by atoms with E-state index in [0.29, 0.717) is 6.42 Å². The van der Waals surface area contributed by atoms with Crippen LogP contribution in [0, 0.1) is 0 Å². The minimum atomic E-state index is -0.812. The van der Waals surface area contributed by atoms with E-state index in [0.717, 1.165) is 31.4 Å². The number of unbranched alkanes of at least 4 members (excludes halogenated alkanes) is 3. The van der Waals surface area contributed by atoms with E-state index in [1.54, 1.807) is 0 Å². The Morgan fingerprint density at radius 3 is 2.23 bits per heavy atom. The fourth-order valence-corrected chi connectivity index (χ4v) is 1.33. The van der Waals surface area contributed by atoms with Crippen molar-refractivity contribution in [1.82, 2.24) is 0 Å². The topological polar surface area (TPSA) is 37.3 Å². The Balaban J connectivity index is 0. The van der Waals surface area contributed by atoms with E-state index in [2.05, 4.69) is 25.3 Å². The summed E-state index contributed by atoms with van der Waals surface area (Å²) in [4.78, 5) is 10.3. The Morgan fingerprint density at radius 2 is 1.77 bits per heavy atom. The number of carboxylic acid groups (broad SMARTS) is 1. The van der Waals surface area contributed by atoms with Gasteiger partial charge in [-0.05, 0) is 18.6 Å². The maximum Gasteiger partial charge on any atom is 0.316 e. The van der Waals surface area contributed by atoms with Crippen LogP contribution in [0.1, 0.15) is 32.1 Å². The Kier molecular flexibility index (Phi) is 13.6. The van der Waals surface area contributed by atoms with Crippen LogP contribution in [0.5, 0.6) is 0 Å². The fourth-order valence-electron chi connectivity index (χ4n) is 0.927. The Hall–Kier alpha value is 0.793. The standard InChI is InChI=1S/C8H16O2S2.Zn/c9-8(10)7(12)5-3-1-2-4-6-11;/h7,11-12H,1-6H2,(H,9,10);. The second-order valence-electron chi connectivity index (χ2n) is 2.78. The number of carboxylic acids is 1. The van der Waals surface area contributed by atoms with Crippen molar-refractivity contribution in [3.05, 3.63) is 0 Å². The number of hydrogen-bond acceptors (Lipinski definition) is 3. The van der Waals surface area contributed by atoms with Crippen molar-refractivity contribution in [1.29, 1.82) is 0 Å². The van der Waals surface area contributed by atoms with Gasteiger partial charge in [-0.15, -0.1) is 0 Å². The quantitative estimate of drug-likeness (QED) is 0.378. The minimum Gasteiger partial charge on any atom is -0.480 e. The molecular weight excluding hydrogens is 258 g/mol. The average Bonchev–Trinajstić information content (AvgIpc) is 2.03. The van der Waals surface area contributed by atoms with Crippen LogP contribution in [0.2, 0.25) is 0 Å². The number of rotatable bonds is 7. The van der Waals surface area contributed by atoms with Crippen LogP contribution in [0.4, 0.5) is 0 Å². The molecule has 0 aromatic carbocycles. The summed E-state index contributed by atoms with van der Waals surface area (Å²) in [5.41, 5.74) is 0. The first-order valence-electron chi connectivity index (χ1n) is 4.20. The summed E-state index contributed by atoms with van der Waals surface area (Å²) in [5.74, 6) is 0.107. The first-order chi connectivity index (χ1) is 5.68. The second-order valence-corrected chi connectivity index (χ2v) is 3.85. The van der Waals surface area contributed by atoms with Gasteiger partial charge in [0.05, 0.1) is 5.25 Å². The monoisotopic (exact) mass is 272 g/mol. The largest absolute Gasteiger partial charge is 0.480 e. The molecule has 0 bridgehead atoms. The van der Waals surface area contributed by atoms with Gasteiger partial charge in [-0.25, -0.2) is 0 Å².